The molecule has 1 aliphatic heterocycles. The molecular formula is C23H27N3O5S. The van der Waals surface area contributed by atoms with Gasteiger partial charge in [-0.15, -0.1) is 11.0 Å². The molecule has 0 aliphatic carbocycles. The first kappa shape index (κ1) is 23.3. The molecule has 2 aromatic rings. The van der Waals surface area contributed by atoms with Crippen molar-refractivity contribution in [1.29, 1.82) is 0 Å². The molecule has 0 aromatic heterocycles. The van der Waals surface area contributed by atoms with Gasteiger partial charge in [0.05, 0.1) is 19.1 Å². The van der Waals surface area contributed by atoms with Gasteiger partial charge in [-0.05, 0) is 43.2 Å². The first-order valence-corrected chi connectivity index (χ1v) is 11.5. The topological polar surface area (TPSA) is 97.3 Å². The number of carbonyl (C=O) groups excluding carboxylic acids is 1. The average molecular weight is 458 g/mol. The SMILES string of the molecule is C=CCc1cc(C(=O)Nc2cccc(S(=O)(=O)/N=C3/CCCN3C)c2)cc(OC)c1OC. The highest BCUT2D eigenvalue weighted by atomic mass is 32.2. The van der Waals surface area contributed by atoms with Gasteiger partial charge in [-0.25, -0.2) is 0 Å². The summed E-state index contributed by atoms with van der Waals surface area (Å²) in [4.78, 5) is 14.8. The smallest absolute Gasteiger partial charge is 0.284 e. The van der Waals surface area contributed by atoms with Crippen LogP contribution in [0.15, 0.2) is 58.3 Å². The maximum absolute atomic E-state index is 12.9. The number of nitrogens with one attached hydrogen (secondary N) is 1. The van der Waals surface area contributed by atoms with E-state index in [-0.39, 0.29) is 4.90 Å². The molecule has 0 radical (unpaired) electrons. The molecule has 1 fully saturated rings. The van der Waals surface area contributed by atoms with E-state index in [0.29, 0.717) is 41.4 Å². The lowest BCUT2D eigenvalue weighted by atomic mass is 10.0. The average Bonchev–Trinajstić information content (AvgIpc) is 3.17. The van der Waals surface area contributed by atoms with Crippen molar-refractivity contribution in [1.82, 2.24) is 4.90 Å². The molecular weight excluding hydrogens is 430 g/mol. The van der Waals surface area contributed by atoms with Gasteiger partial charge in [0.1, 0.15) is 5.84 Å². The molecule has 1 heterocycles. The number of hydrogen-bond acceptors (Lipinski definition) is 5. The van der Waals surface area contributed by atoms with E-state index in [1.165, 1.54) is 26.4 Å². The number of amides is 1. The second-order valence-electron chi connectivity index (χ2n) is 7.35. The van der Waals surface area contributed by atoms with Gasteiger partial charge in [0, 0.05) is 36.8 Å². The Kier molecular flexibility index (Phi) is 7.19. The Morgan fingerprint density at radius 2 is 2.03 bits per heavy atom. The zero-order valence-corrected chi connectivity index (χ0v) is 19.2. The third-order valence-electron chi connectivity index (χ3n) is 5.13. The quantitative estimate of drug-likeness (QED) is 0.610. The number of hydrogen-bond donors (Lipinski definition) is 1. The van der Waals surface area contributed by atoms with Gasteiger partial charge in [-0.3, -0.25) is 4.79 Å². The van der Waals surface area contributed by atoms with Crippen LogP contribution in [0.4, 0.5) is 5.69 Å². The van der Waals surface area contributed by atoms with E-state index in [4.69, 9.17) is 9.47 Å². The Balaban J connectivity index is 1.88. The van der Waals surface area contributed by atoms with Crippen molar-refractivity contribution >= 4 is 27.5 Å². The molecule has 1 N–H and O–H groups in total. The van der Waals surface area contributed by atoms with Crippen LogP contribution in [0.3, 0.4) is 0 Å². The molecule has 8 nitrogen and oxygen atoms in total. The predicted octanol–water partition coefficient (Wildman–Crippen LogP) is 3.50. The number of allylic oxidation sites excluding steroid dienone is 1. The van der Waals surface area contributed by atoms with Crippen molar-refractivity contribution in [3.05, 3.63) is 60.2 Å². The van der Waals surface area contributed by atoms with Gasteiger partial charge in [0.2, 0.25) is 0 Å². The maximum Gasteiger partial charge on any atom is 0.284 e. The van der Waals surface area contributed by atoms with Crippen molar-refractivity contribution in [2.75, 3.05) is 33.1 Å². The third-order valence-corrected chi connectivity index (χ3v) is 6.43. The van der Waals surface area contributed by atoms with Gasteiger partial charge in [0.15, 0.2) is 11.5 Å². The van der Waals surface area contributed by atoms with Crippen LogP contribution in [0.5, 0.6) is 11.5 Å². The molecule has 0 bridgehead atoms. The summed E-state index contributed by atoms with van der Waals surface area (Å²) in [5.41, 5.74) is 1.44. The summed E-state index contributed by atoms with van der Waals surface area (Å²) in [6.07, 6.45) is 3.69. The minimum Gasteiger partial charge on any atom is -0.493 e. The Bertz CT molecular complexity index is 1160. The van der Waals surface area contributed by atoms with Crippen molar-refractivity contribution in [3.63, 3.8) is 0 Å². The van der Waals surface area contributed by atoms with Crippen LogP contribution < -0.4 is 14.8 Å². The van der Waals surface area contributed by atoms with Crippen molar-refractivity contribution in [2.24, 2.45) is 4.40 Å². The van der Waals surface area contributed by atoms with Crippen molar-refractivity contribution < 1.29 is 22.7 Å². The van der Waals surface area contributed by atoms with Crippen LogP contribution in [-0.4, -0.2) is 52.9 Å². The fourth-order valence-electron chi connectivity index (χ4n) is 3.52. The standard InChI is InChI=1S/C23H27N3O5S/c1-5-8-16-13-17(14-20(30-3)22(16)31-4)23(27)24-18-9-6-10-19(15-18)32(28,29)25-21-11-7-12-26(21)2/h5-6,9-10,13-15H,1,7-8,11-12H2,2-4H3,(H,24,27)/b25-21-. The molecule has 0 saturated carbocycles. The number of methoxy groups -OCH3 is 2. The number of ether oxygens (including phenoxy) is 2. The maximum atomic E-state index is 12.9. The predicted molar refractivity (Wildman–Crippen MR) is 124 cm³/mol. The summed E-state index contributed by atoms with van der Waals surface area (Å²) in [5, 5.41) is 2.75. The van der Waals surface area contributed by atoms with E-state index in [1.807, 2.05) is 11.9 Å². The van der Waals surface area contributed by atoms with Crippen LogP contribution in [0, 0.1) is 0 Å². The number of sulfonamides is 1. The van der Waals surface area contributed by atoms with E-state index < -0.39 is 15.9 Å². The van der Waals surface area contributed by atoms with Gasteiger partial charge in [0.25, 0.3) is 15.9 Å². The summed E-state index contributed by atoms with van der Waals surface area (Å²) in [7, 11) is 0.961. The van der Waals surface area contributed by atoms with Crippen LogP contribution in [0.1, 0.15) is 28.8 Å². The molecule has 170 valence electrons. The lowest BCUT2D eigenvalue weighted by molar-refractivity contribution is 0.102. The second kappa shape index (κ2) is 9.86. The summed E-state index contributed by atoms with van der Waals surface area (Å²) >= 11 is 0. The zero-order chi connectivity index (χ0) is 23.3. The van der Waals surface area contributed by atoms with Gasteiger partial charge in [-0.2, -0.15) is 8.42 Å². The molecule has 2 aromatic carbocycles. The van der Waals surface area contributed by atoms with Gasteiger partial charge >= 0.3 is 0 Å². The minimum absolute atomic E-state index is 0.0164. The number of carbonyl (C=O) groups is 1. The van der Waals surface area contributed by atoms with Crippen LogP contribution in [0.25, 0.3) is 0 Å². The monoisotopic (exact) mass is 457 g/mol. The normalized spacial score (nSPS) is 15.0. The Hall–Kier alpha value is -3.33. The fourth-order valence-corrected chi connectivity index (χ4v) is 4.66. The Labute approximate surface area is 188 Å². The number of likely N-dealkylation sites (tertiary alicyclic amines) is 1. The molecule has 1 saturated heterocycles. The summed E-state index contributed by atoms with van der Waals surface area (Å²) < 4.78 is 40.2. The van der Waals surface area contributed by atoms with Gasteiger partial charge in [-0.1, -0.05) is 12.1 Å². The Morgan fingerprint density at radius 3 is 2.66 bits per heavy atom. The molecule has 0 spiro atoms. The van der Waals surface area contributed by atoms with Crippen molar-refractivity contribution in [3.8, 4) is 11.5 Å². The third kappa shape index (κ3) is 5.11. The molecule has 0 atom stereocenters. The molecule has 9 heteroatoms. The zero-order valence-electron chi connectivity index (χ0n) is 18.4. The number of amidine groups is 1. The van der Waals surface area contributed by atoms with E-state index in [9.17, 15) is 13.2 Å². The van der Waals surface area contributed by atoms with Gasteiger partial charge < -0.3 is 19.7 Å². The Morgan fingerprint density at radius 1 is 1.25 bits per heavy atom. The summed E-state index contributed by atoms with van der Waals surface area (Å²) in [6.45, 7) is 4.52. The largest absolute Gasteiger partial charge is 0.493 e. The van der Waals surface area contributed by atoms with E-state index in [2.05, 4.69) is 16.3 Å². The van der Waals surface area contributed by atoms with Crippen LogP contribution >= 0.6 is 0 Å². The highest BCUT2D eigenvalue weighted by molar-refractivity contribution is 7.90. The molecule has 32 heavy (non-hydrogen) atoms. The minimum atomic E-state index is -3.89. The molecule has 3 rings (SSSR count). The highest BCUT2D eigenvalue weighted by Crippen LogP contribution is 2.33. The number of benzene rings is 2. The molecule has 1 amide bonds. The number of anilines is 1. The molecule has 1 aliphatic rings. The summed E-state index contributed by atoms with van der Waals surface area (Å²) in [5.74, 6) is 1.09. The van der Waals surface area contributed by atoms with Crippen molar-refractivity contribution in [2.45, 2.75) is 24.2 Å². The van der Waals surface area contributed by atoms with E-state index in [1.54, 1.807) is 30.3 Å². The first-order valence-electron chi connectivity index (χ1n) is 10.1. The second-order valence-corrected chi connectivity index (χ2v) is 8.96. The number of rotatable bonds is 8. The highest BCUT2D eigenvalue weighted by Gasteiger charge is 2.21. The van der Waals surface area contributed by atoms with Crippen LogP contribution in [0.2, 0.25) is 0 Å². The number of nitrogens with zero attached hydrogens (tertiary/aromatic N) is 2. The fraction of sp³-hybridized carbons (Fsp3) is 0.304. The van der Waals surface area contributed by atoms with E-state index >= 15 is 0 Å². The van der Waals surface area contributed by atoms with Crippen LogP contribution in [-0.2, 0) is 16.4 Å². The first-order chi connectivity index (χ1) is 15.3. The summed E-state index contributed by atoms with van der Waals surface area (Å²) in [6, 6.07) is 9.32. The van der Waals surface area contributed by atoms with E-state index in [0.717, 1.165) is 18.5 Å². The molecule has 0 unspecified atom stereocenters. The lowest BCUT2D eigenvalue weighted by Gasteiger charge is -2.14. The lowest BCUT2D eigenvalue weighted by Crippen LogP contribution is -2.20.